The van der Waals surface area contributed by atoms with Crippen molar-refractivity contribution < 1.29 is 9.53 Å². The van der Waals surface area contributed by atoms with E-state index in [1.54, 1.807) is 31.6 Å². The van der Waals surface area contributed by atoms with Crippen molar-refractivity contribution in [3.8, 4) is 0 Å². The molecule has 0 fully saturated rings. The maximum atomic E-state index is 11.5. The van der Waals surface area contributed by atoms with Gasteiger partial charge < -0.3 is 15.4 Å². The Labute approximate surface area is 110 Å². The Morgan fingerprint density at radius 1 is 1.32 bits per heavy atom. The first-order chi connectivity index (χ1) is 9.29. The van der Waals surface area contributed by atoms with Gasteiger partial charge in [-0.1, -0.05) is 0 Å². The van der Waals surface area contributed by atoms with Crippen LogP contribution >= 0.6 is 0 Å². The van der Waals surface area contributed by atoms with E-state index in [4.69, 9.17) is 4.74 Å². The minimum atomic E-state index is -0.113. The molecule has 2 rings (SSSR count). The molecule has 2 heterocycles. The Morgan fingerprint density at radius 2 is 2.16 bits per heavy atom. The molecule has 0 aliphatic rings. The summed E-state index contributed by atoms with van der Waals surface area (Å²) in [5, 5.41) is 5.64. The third kappa shape index (κ3) is 3.85. The highest BCUT2D eigenvalue weighted by atomic mass is 16.5. The summed E-state index contributed by atoms with van der Waals surface area (Å²) in [5.74, 6) is 0.480. The van der Waals surface area contributed by atoms with Crippen molar-refractivity contribution in [1.29, 1.82) is 0 Å². The van der Waals surface area contributed by atoms with Crippen LogP contribution in [0.25, 0.3) is 11.2 Å². The summed E-state index contributed by atoms with van der Waals surface area (Å²) >= 11 is 0. The van der Waals surface area contributed by atoms with Gasteiger partial charge in [0.25, 0.3) is 0 Å². The Balaban J connectivity index is 1.89. The van der Waals surface area contributed by atoms with E-state index >= 15 is 0 Å². The zero-order chi connectivity index (χ0) is 13.5. The van der Waals surface area contributed by atoms with Crippen molar-refractivity contribution in [2.24, 2.45) is 0 Å². The quantitative estimate of drug-likeness (QED) is 0.722. The molecule has 7 nitrogen and oxygen atoms in total. The van der Waals surface area contributed by atoms with Gasteiger partial charge in [-0.25, -0.2) is 9.97 Å². The number of carbonyl (C=O) groups is 1. The highest BCUT2D eigenvalue weighted by molar-refractivity contribution is 5.81. The van der Waals surface area contributed by atoms with E-state index in [2.05, 4.69) is 25.6 Å². The van der Waals surface area contributed by atoms with Crippen molar-refractivity contribution in [2.45, 2.75) is 0 Å². The van der Waals surface area contributed by atoms with E-state index in [-0.39, 0.29) is 12.5 Å². The molecule has 0 saturated carbocycles. The maximum absolute atomic E-state index is 11.5. The molecule has 0 aliphatic heterocycles. The van der Waals surface area contributed by atoms with Crippen molar-refractivity contribution in [1.82, 2.24) is 20.3 Å². The first-order valence-electron chi connectivity index (χ1n) is 5.87. The van der Waals surface area contributed by atoms with Crippen LogP contribution in [0.4, 0.5) is 5.82 Å². The molecule has 1 amide bonds. The SMILES string of the molecule is COCCNC(=O)CNc1ccc2nccnc2n1. The fraction of sp³-hybridized carbons (Fsp3) is 0.333. The van der Waals surface area contributed by atoms with Gasteiger partial charge in [0.1, 0.15) is 11.3 Å². The Bertz CT molecular complexity index is 561. The summed E-state index contributed by atoms with van der Waals surface area (Å²) < 4.78 is 4.84. The molecule has 19 heavy (non-hydrogen) atoms. The minimum Gasteiger partial charge on any atom is -0.383 e. The number of rotatable bonds is 6. The van der Waals surface area contributed by atoms with Crippen LogP contribution in [0.1, 0.15) is 0 Å². The first kappa shape index (κ1) is 13.2. The zero-order valence-electron chi connectivity index (χ0n) is 10.6. The van der Waals surface area contributed by atoms with E-state index < -0.39 is 0 Å². The molecular formula is C12H15N5O2. The number of hydrogen-bond donors (Lipinski definition) is 2. The molecule has 0 saturated heterocycles. The van der Waals surface area contributed by atoms with Gasteiger partial charge in [-0.15, -0.1) is 0 Å². The van der Waals surface area contributed by atoms with Crippen LogP contribution in [-0.4, -0.2) is 47.7 Å². The largest absolute Gasteiger partial charge is 0.383 e. The molecule has 0 atom stereocenters. The predicted octanol–water partition coefficient (Wildman–Crippen LogP) is 0.199. The second kappa shape index (κ2) is 6.60. The standard InChI is InChI=1S/C12H15N5O2/c1-19-7-6-14-11(18)8-16-10-3-2-9-12(17-10)15-5-4-13-9/h2-5H,6-8H2,1H3,(H,14,18)(H,15,16,17). The monoisotopic (exact) mass is 261 g/mol. The van der Waals surface area contributed by atoms with Crippen molar-refractivity contribution in [3.05, 3.63) is 24.5 Å². The van der Waals surface area contributed by atoms with E-state index in [1.165, 1.54) is 0 Å². The highest BCUT2D eigenvalue weighted by Gasteiger charge is 2.03. The molecule has 0 radical (unpaired) electrons. The lowest BCUT2D eigenvalue weighted by molar-refractivity contribution is -0.119. The summed E-state index contributed by atoms with van der Waals surface area (Å²) in [6.45, 7) is 1.14. The number of fused-ring (bicyclic) bond motifs is 1. The molecule has 7 heteroatoms. The number of pyridine rings is 1. The maximum Gasteiger partial charge on any atom is 0.239 e. The minimum absolute atomic E-state index is 0.113. The number of aromatic nitrogens is 3. The molecular weight excluding hydrogens is 246 g/mol. The Kier molecular flexibility index (Phi) is 4.57. The molecule has 0 aliphatic carbocycles. The van der Waals surface area contributed by atoms with Crippen molar-refractivity contribution in [3.63, 3.8) is 0 Å². The van der Waals surface area contributed by atoms with E-state index in [9.17, 15) is 4.79 Å². The van der Waals surface area contributed by atoms with Gasteiger partial charge in [0.15, 0.2) is 5.65 Å². The molecule has 2 N–H and O–H groups in total. The number of carbonyl (C=O) groups excluding carboxylic acids is 1. The van der Waals surface area contributed by atoms with Crippen LogP contribution in [0.2, 0.25) is 0 Å². The highest BCUT2D eigenvalue weighted by Crippen LogP contribution is 2.09. The fourth-order valence-corrected chi connectivity index (χ4v) is 1.48. The van der Waals surface area contributed by atoms with Gasteiger partial charge in [0.05, 0.1) is 13.2 Å². The molecule has 0 bridgehead atoms. The lowest BCUT2D eigenvalue weighted by atomic mass is 10.4. The van der Waals surface area contributed by atoms with Crippen LogP contribution in [0.5, 0.6) is 0 Å². The summed E-state index contributed by atoms with van der Waals surface area (Å²) in [5.41, 5.74) is 1.27. The van der Waals surface area contributed by atoms with Gasteiger partial charge in [-0.3, -0.25) is 9.78 Å². The average molecular weight is 261 g/mol. The average Bonchev–Trinajstić information content (AvgIpc) is 2.45. The number of methoxy groups -OCH3 is 1. The summed E-state index contributed by atoms with van der Waals surface area (Å²) in [6.07, 6.45) is 3.19. The van der Waals surface area contributed by atoms with Crippen LogP contribution in [0.15, 0.2) is 24.5 Å². The molecule has 2 aromatic heterocycles. The first-order valence-corrected chi connectivity index (χ1v) is 5.87. The predicted molar refractivity (Wildman–Crippen MR) is 70.7 cm³/mol. The second-order valence-corrected chi connectivity index (χ2v) is 3.79. The fourth-order valence-electron chi connectivity index (χ4n) is 1.48. The number of hydrogen-bond acceptors (Lipinski definition) is 6. The van der Waals surface area contributed by atoms with Crippen LogP contribution in [0, 0.1) is 0 Å². The Morgan fingerprint density at radius 3 is 3.00 bits per heavy atom. The van der Waals surface area contributed by atoms with Crippen LogP contribution < -0.4 is 10.6 Å². The van der Waals surface area contributed by atoms with E-state index in [0.717, 1.165) is 5.52 Å². The summed E-state index contributed by atoms with van der Waals surface area (Å²) in [6, 6.07) is 3.57. The Hall–Kier alpha value is -2.28. The number of anilines is 1. The van der Waals surface area contributed by atoms with E-state index in [0.29, 0.717) is 24.6 Å². The van der Waals surface area contributed by atoms with Gasteiger partial charge >= 0.3 is 0 Å². The smallest absolute Gasteiger partial charge is 0.239 e. The topological polar surface area (TPSA) is 89.0 Å². The van der Waals surface area contributed by atoms with Gasteiger partial charge in [-0.05, 0) is 12.1 Å². The normalized spacial score (nSPS) is 10.4. The van der Waals surface area contributed by atoms with Crippen molar-refractivity contribution in [2.75, 3.05) is 32.1 Å². The summed E-state index contributed by atoms with van der Waals surface area (Å²) in [7, 11) is 1.59. The molecule has 0 unspecified atom stereocenters. The second-order valence-electron chi connectivity index (χ2n) is 3.79. The zero-order valence-corrected chi connectivity index (χ0v) is 10.6. The van der Waals surface area contributed by atoms with Gasteiger partial charge in [0, 0.05) is 26.0 Å². The number of nitrogens with one attached hydrogen (secondary N) is 2. The lowest BCUT2D eigenvalue weighted by Crippen LogP contribution is -2.32. The third-order valence-corrected chi connectivity index (χ3v) is 2.39. The molecule has 100 valence electrons. The van der Waals surface area contributed by atoms with Crippen LogP contribution in [0.3, 0.4) is 0 Å². The number of nitrogens with zero attached hydrogens (tertiary/aromatic N) is 3. The van der Waals surface area contributed by atoms with Crippen LogP contribution in [-0.2, 0) is 9.53 Å². The molecule has 0 aromatic carbocycles. The molecule has 2 aromatic rings. The van der Waals surface area contributed by atoms with Gasteiger partial charge in [-0.2, -0.15) is 0 Å². The number of ether oxygens (including phenoxy) is 1. The van der Waals surface area contributed by atoms with E-state index in [1.807, 2.05) is 0 Å². The van der Waals surface area contributed by atoms with Gasteiger partial charge in [0.2, 0.25) is 5.91 Å². The summed E-state index contributed by atoms with van der Waals surface area (Å²) in [4.78, 5) is 23.9. The van der Waals surface area contributed by atoms with Crippen molar-refractivity contribution >= 4 is 22.9 Å². The third-order valence-electron chi connectivity index (χ3n) is 2.39. The molecule has 0 spiro atoms. The lowest BCUT2D eigenvalue weighted by Gasteiger charge is -2.07. The number of amides is 1.